The molecule has 1 fully saturated rings. The van der Waals surface area contributed by atoms with Crippen LogP contribution in [0.1, 0.15) is 34.6 Å². The van der Waals surface area contributed by atoms with E-state index in [1.54, 1.807) is 46.6 Å². The molecule has 7 heteroatoms. The fraction of sp³-hybridized carbons (Fsp3) is 0.600. The average molecular weight is 377 g/mol. The Morgan fingerprint density at radius 2 is 1.52 bits per heavy atom. The Morgan fingerprint density at radius 1 is 0.963 bits per heavy atom. The van der Waals surface area contributed by atoms with Crippen molar-refractivity contribution in [3.8, 4) is 5.75 Å². The van der Waals surface area contributed by atoms with Crippen LogP contribution in [-0.4, -0.2) is 61.3 Å². The van der Waals surface area contributed by atoms with Gasteiger partial charge >= 0.3 is 6.09 Å². The smallest absolute Gasteiger partial charge is 0.408 e. The molecule has 1 saturated heterocycles. The predicted molar refractivity (Wildman–Crippen MR) is 105 cm³/mol. The number of hydrogen-bond acceptors (Lipinski definition) is 5. The molecule has 1 aromatic rings. The molecule has 0 saturated carbocycles. The van der Waals surface area contributed by atoms with E-state index in [-0.39, 0.29) is 5.91 Å². The van der Waals surface area contributed by atoms with E-state index in [0.29, 0.717) is 13.1 Å². The van der Waals surface area contributed by atoms with Crippen molar-refractivity contribution in [1.82, 2.24) is 10.2 Å². The normalized spacial score (nSPS) is 15.3. The van der Waals surface area contributed by atoms with E-state index >= 15 is 0 Å². The van der Waals surface area contributed by atoms with Gasteiger partial charge in [0.25, 0.3) is 0 Å². The van der Waals surface area contributed by atoms with Crippen LogP contribution in [0.25, 0.3) is 0 Å². The Bertz CT molecular complexity index is 657. The van der Waals surface area contributed by atoms with Crippen molar-refractivity contribution in [3.63, 3.8) is 0 Å². The third-order valence-corrected chi connectivity index (χ3v) is 4.35. The molecule has 150 valence electrons. The first-order valence-corrected chi connectivity index (χ1v) is 9.21. The molecule has 1 N–H and O–H groups in total. The van der Waals surface area contributed by atoms with Gasteiger partial charge in [-0.15, -0.1) is 0 Å². The zero-order chi connectivity index (χ0) is 20.2. The molecule has 1 aliphatic heterocycles. The van der Waals surface area contributed by atoms with Crippen molar-refractivity contribution in [1.29, 1.82) is 0 Å². The second-order valence-corrected chi connectivity index (χ2v) is 8.23. The number of anilines is 1. The standard InChI is InChI=1S/C20H31N3O4/c1-19(2,3)27-18(25)21-20(4,5)17(24)23-13-11-22(12-14-23)15-7-9-16(26-6)10-8-15/h7-10H,11-14H2,1-6H3,(H,21,25). The Hall–Kier alpha value is -2.44. The molecular weight excluding hydrogens is 346 g/mol. The first-order chi connectivity index (χ1) is 12.5. The van der Waals surface area contributed by atoms with Crippen molar-refractivity contribution < 1.29 is 19.1 Å². The van der Waals surface area contributed by atoms with Crippen molar-refractivity contribution in [2.24, 2.45) is 0 Å². The van der Waals surface area contributed by atoms with Crippen LogP contribution in [-0.2, 0) is 9.53 Å². The maximum absolute atomic E-state index is 12.9. The summed E-state index contributed by atoms with van der Waals surface area (Å²) < 4.78 is 10.5. The summed E-state index contributed by atoms with van der Waals surface area (Å²) in [5.41, 5.74) is -0.522. The maximum Gasteiger partial charge on any atom is 0.408 e. The predicted octanol–water partition coefficient (Wildman–Crippen LogP) is 2.65. The van der Waals surface area contributed by atoms with Gasteiger partial charge in [-0.2, -0.15) is 0 Å². The van der Waals surface area contributed by atoms with Crippen LogP contribution in [0.4, 0.5) is 10.5 Å². The van der Waals surface area contributed by atoms with Crippen LogP contribution in [0, 0.1) is 0 Å². The minimum Gasteiger partial charge on any atom is -0.497 e. The third kappa shape index (κ3) is 5.77. The molecule has 2 rings (SSSR count). The highest BCUT2D eigenvalue weighted by Gasteiger charge is 2.36. The van der Waals surface area contributed by atoms with E-state index in [0.717, 1.165) is 24.5 Å². The summed E-state index contributed by atoms with van der Waals surface area (Å²) in [5.74, 6) is 0.713. The molecular formula is C20H31N3O4. The molecule has 0 unspecified atom stereocenters. The highest BCUT2D eigenvalue weighted by molar-refractivity contribution is 5.89. The molecule has 2 amide bonds. The van der Waals surface area contributed by atoms with Crippen LogP contribution in [0.2, 0.25) is 0 Å². The van der Waals surface area contributed by atoms with Crippen LogP contribution in [0.15, 0.2) is 24.3 Å². The monoisotopic (exact) mass is 377 g/mol. The molecule has 0 aliphatic carbocycles. The minimum atomic E-state index is -1.02. The number of hydrogen-bond donors (Lipinski definition) is 1. The zero-order valence-corrected chi connectivity index (χ0v) is 17.2. The molecule has 0 atom stereocenters. The second-order valence-electron chi connectivity index (χ2n) is 8.23. The summed E-state index contributed by atoms with van der Waals surface area (Å²) in [6.45, 7) is 11.5. The quantitative estimate of drug-likeness (QED) is 0.873. The SMILES string of the molecule is COc1ccc(N2CCN(C(=O)C(C)(C)NC(=O)OC(C)(C)C)CC2)cc1. The van der Waals surface area contributed by atoms with Crippen molar-refractivity contribution in [3.05, 3.63) is 24.3 Å². The number of piperazine rings is 1. The molecule has 0 bridgehead atoms. The lowest BCUT2D eigenvalue weighted by Crippen LogP contribution is -2.60. The van der Waals surface area contributed by atoms with Gasteiger partial charge < -0.3 is 24.6 Å². The van der Waals surface area contributed by atoms with Crippen LogP contribution < -0.4 is 15.0 Å². The third-order valence-electron chi connectivity index (χ3n) is 4.35. The average Bonchev–Trinajstić information content (AvgIpc) is 2.59. The molecule has 0 spiro atoms. The van der Waals surface area contributed by atoms with Crippen molar-refractivity contribution >= 4 is 17.7 Å². The summed E-state index contributed by atoms with van der Waals surface area (Å²) >= 11 is 0. The number of amides is 2. The Morgan fingerprint density at radius 3 is 2.00 bits per heavy atom. The first-order valence-electron chi connectivity index (χ1n) is 9.21. The summed E-state index contributed by atoms with van der Waals surface area (Å²) in [7, 11) is 1.65. The van der Waals surface area contributed by atoms with E-state index < -0.39 is 17.2 Å². The van der Waals surface area contributed by atoms with Gasteiger partial charge in [-0.25, -0.2) is 4.79 Å². The fourth-order valence-electron chi connectivity index (χ4n) is 2.97. The molecule has 0 radical (unpaired) electrons. The molecule has 1 heterocycles. The largest absolute Gasteiger partial charge is 0.497 e. The fourth-order valence-corrected chi connectivity index (χ4v) is 2.97. The highest BCUT2D eigenvalue weighted by Crippen LogP contribution is 2.21. The lowest BCUT2D eigenvalue weighted by molar-refractivity contribution is -0.137. The molecule has 7 nitrogen and oxygen atoms in total. The zero-order valence-electron chi connectivity index (χ0n) is 17.2. The van der Waals surface area contributed by atoms with Gasteiger partial charge in [0, 0.05) is 31.9 Å². The number of ether oxygens (including phenoxy) is 2. The van der Waals surface area contributed by atoms with Crippen molar-refractivity contribution in [2.45, 2.75) is 45.8 Å². The molecule has 27 heavy (non-hydrogen) atoms. The number of rotatable bonds is 4. The number of nitrogens with zero attached hydrogens (tertiary/aromatic N) is 2. The lowest BCUT2D eigenvalue weighted by atomic mass is 10.0. The Balaban J connectivity index is 1.91. The lowest BCUT2D eigenvalue weighted by Gasteiger charge is -2.39. The Labute approximate surface area is 161 Å². The summed E-state index contributed by atoms with van der Waals surface area (Å²) in [6.07, 6.45) is -0.585. The molecule has 1 aliphatic rings. The maximum atomic E-state index is 12.9. The van der Waals surface area contributed by atoms with E-state index in [1.165, 1.54) is 0 Å². The van der Waals surface area contributed by atoms with Gasteiger partial charge in [0.1, 0.15) is 16.9 Å². The summed E-state index contributed by atoms with van der Waals surface area (Å²) in [5, 5.41) is 2.69. The summed E-state index contributed by atoms with van der Waals surface area (Å²) in [4.78, 5) is 28.9. The van der Waals surface area contributed by atoms with Crippen molar-refractivity contribution in [2.75, 3.05) is 38.2 Å². The number of carbonyl (C=O) groups excluding carboxylic acids is 2. The number of nitrogens with one attached hydrogen (secondary N) is 1. The number of benzene rings is 1. The van der Waals surface area contributed by atoms with E-state index in [4.69, 9.17) is 9.47 Å². The molecule has 1 aromatic carbocycles. The highest BCUT2D eigenvalue weighted by atomic mass is 16.6. The number of alkyl carbamates (subject to hydrolysis) is 1. The van der Waals surface area contributed by atoms with Gasteiger partial charge in [0.05, 0.1) is 7.11 Å². The van der Waals surface area contributed by atoms with E-state index in [2.05, 4.69) is 10.2 Å². The van der Waals surface area contributed by atoms with Crippen LogP contribution in [0.3, 0.4) is 0 Å². The minimum absolute atomic E-state index is 0.109. The van der Waals surface area contributed by atoms with E-state index in [1.807, 2.05) is 24.3 Å². The van der Waals surface area contributed by atoms with Gasteiger partial charge in [-0.05, 0) is 58.9 Å². The number of methoxy groups -OCH3 is 1. The van der Waals surface area contributed by atoms with E-state index in [9.17, 15) is 9.59 Å². The number of carbonyl (C=O) groups is 2. The molecule has 0 aromatic heterocycles. The second kappa shape index (κ2) is 8.06. The topological polar surface area (TPSA) is 71.1 Å². The van der Waals surface area contributed by atoms with Gasteiger partial charge in [-0.1, -0.05) is 0 Å². The van der Waals surface area contributed by atoms with Gasteiger partial charge in [-0.3, -0.25) is 4.79 Å². The van der Waals surface area contributed by atoms with Gasteiger partial charge in [0.15, 0.2) is 0 Å². The Kier molecular flexibility index (Phi) is 6.23. The summed E-state index contributed by atoms with van der Waals surface area (Å²) in [6, 6.07) is 7.90. The van der Waals surface area contributed by atoms with Crippen LogP contribution >= 0.6 is 0 Å². The first kappa shape index (κ1) is 20.9. The van der Waals surface area contributed by atoms with Crippen LogP contribution in [0.5, 0.6) is 5.75 Å². The van der Waals surface area contributed by atoms with Gasteiger partial charge in [0.2, 0.25) is 5.91 Å².